The molecular formula is C21H38O4. The van der Waals surface area contributed by atoms with Crippen LogP contribution in [0.15, 0.2) is 0 Å². The predicted octanol–water partition coefficient (Wildman–Crippen LogP) is 5.44. The topological polar surface area (TPSA) is 63.6 Å². The Morgan fingerprint density at radius 1 is 0.880 bits per heavy atom. The molecule has 0 spiro atoms. The SMILES string of the molecule is CC(C)CCCCCC(CC(C)C)OC(=O)C1CCC(C(=O)O)CC1. The molecule has 0 aromatic rings. The lowest BCUT2D eigenvalue weighted by Crippen LogP contribution is -2.30. The zero-order chi connectivity index (χ0) is 18.8. The minimum atomic E-state index is -0.731. The first-order valence-electron chi connectivity index (χ1n) is 10.2. The largest absolute Gasteiger partial charge is 0.481 e. The smallest absolute Gasteiger partial charge is 0.309 e. The van der Waals surface area contributed by atoms with Crippen molar-refractivity contribution in [2.75, 3.05) is 0 Å². The summed E-state index contributed by atoms with van der Waals surface area (Å²) < 4.78 is 5.84. The van der Waals surface area contributed by atoms with Crippen LogP contribution < -0.4 is 0 Å². The van der Waals surface area contributed by atoms with Crippen molar-refractivity contribution in [3.05, 3.63) is 0 Å². The van der Waals surface area contributed by atoms with E-state index in [1.165, 1.54) is 19.3 Å². The Labute approximate surface area is 153 Å². The molecule has 1 N–H and O–H groups in total. The Morgan fingerprint density at radius 3 is 1.96 bits per heavy atom. The Morgan fingerprint density at radius 2 is 1.44 bits per heavy atom. The highest BCUT2D eigenvalue weighted by Gasteiger charge is 2.31. The van der Waals surface area contributed by atoms with E-state index in [1.807, 2.05) is 0 Å². The summed E-state index contributed by atoms with van der Waals surface area (Å²) in [5, 5.41) is 9.07. The van der Waals surface area contributed by atoms with Crippen LogP contribution in [0.1, 0.15) is 91.9 Å². The lowest BCUT2D eigenvalue weighted by molar-refractivity contribution is -0.158. The minimum Gasteiger partial charge on any atom is -0.481 e. The fourth-order valence-corrected chi connectivity index (χ4v) is 3.69. The molecule has 0 radical (unpaired) electrons. The summed E-state index contributed by atoms with van der Waals surface area (Å²) in [6.45, 7) is 8.83. The molecule has 1 fully saturated rings. The van der Waals surface area contributed by atoms with Gasteiger partial charge in [-0.3, -0.25) is 9.59 Å². The molecule has 0 bridgehead atoms. The molecule has 4 nitrogen and oxygen atoms in total. The second-order valence-corrected chi connectivity index (χ2v) is 8.61. The fraction of sp³-hybridized carbons (Fsp3) is 0.905. The fourth-order valence-electron chi connectivity index (χ4n) is 3.69. The van der Waals surface area contributed by atoms with Crippen LogP contribution in [0.3, 0.4) is 0 Å². The maximum Gasteiger partial charge on any atom is 0.309 e. The third-order valence-electron chi connectivity index (χ3n) is 5.23. The van der Waals surface area contributed by atoms with E-state index in [2.05, 4.69) is 27.7 Å². The van der Waals surface area contributed by atoms with Crippen LogP contribution in [0.25, 0.3) is 0 Å². The molecule has 0 amide bonds. The van der Waals surface area contributed by atoms with Gasteiger partial charge in [0.2, 0.25) is 0 Å². The molecule has 0 aliphatic heterocycles. The zero-order valence-corrected chi connectivity index (χ0v) is 16.6. The van der Waals surface area contributed by atoms with Gasteiger partial charge in [-0.15, -0.1) is 0 Å². The number of unbranched alkanes of at least 4 members (excludes halogenated alkanes) is 2. The van der Waals surface area contributed by atoms with E-state index in [9.17, 15) is 9.59 Å². The molecule has 1 atom stereocenters. The summed E-state index contributed by atoms with van der Waals surface area (Å²) in [5.74, 6) is 0.0478. The highest BCUT2D eigenvalue weighted by Crippen LogP contribution is 2.30. The van der Waals surface area contributed by atoms with Crippen LogP contribution in [0.4, 0.5) is 0 Å². The number of aliphatic carboxylic acids is 1. The van der Waals surface area contributed by atoms with Crippen LogP contribution in [-0.4, -0.2) is 23.1 Å². The Balaban J connectivity index is 2.38. The van der Waals surface area contributed by atoms with E-state index in [4.69, 9.17) is 9.84 Å². The van der Waals surface area contributed by atoms with E-state index in [0.717, 1.165) is 25.2 Å². The molecule has 1 aliphatic rings. The number of carboxylic acid groups (broad SMARTS) is 1. The van der Waals surface area contributed by atoms with Crippen molar-refractivity contribution in [1.82, 2.24) is 0 Å². The van der Waals surface area contributed by atoms with Gasteiger partial charge >= 0.3 is 11.9 Å². The van der Waals surface area contributed by atoms with Gasteiger partial charge in [0.05, 0.1) is 11.8 Å². The normalized spacial score (nSPS) is 22.2. The third kappa shape index (κ3) is 9.27. The number of rotatable bonds is 11. The van der Waals surface area contributed by atoms with E-state index in [0.29, 0.717) is 31.6 Å². The maximum atomic E-state index is 12.5. The van der Waals surface area contributed by atoms with Crippen molar-refractivity contribution in [3.63, 3.8) is 0 Å². The van der Waals surface area contributed by atoms with Gasteiger partial charge in [0.15, 0.2) is 0 Å². The quantitative estimate of drug-likeness (QED) is 0.396. The van der Waals surface area contributed by atoms with Gasteiger partial charge in [-0.05, 0) is 56.8 Å². The molecule has 1 unspecified atom stereocenters. The first kappa shape index (κ1) is 22.0. The summed E-state index contributed by atoms with van der Waals surface area (Å²) >= 11 is 0. The van der Waals surface area contributed by atoms with Gasteiger partial charge in [-0.1, -0.05) is 47.0 Å². The molecule has 146 valence electrons. The molecule has 4 heteroatoms. The lowest BCUT2D eigenvalue weighted by Gasteiger charge is -2.27. The number of hydrogen-bond acceptors (Lipinski definition) is 3. The lowest BCUT2D eigenvalue weighted by atomic mass is 9.82. The van der Waals surface area contributed by atoms with Gasteiger partial charge in [-0.2, -0.15) is 0 Å². The van der Waals surface area contributed by atoms with Crippen molar-refractivity contribution >= 4 is 11.9 Å². The molecule has 0 saturated heterocycles. The van der Waals surface area contributed by atoms with Crippen LogP contribution in [0.5, 0.6) is 0 Å². The third-order valence-corrected chi connectivity index (χ3v) is 5.23. The summed E-state index contributed by atoms with van der Waals surface area (Å²) in [6.07, 6.45) is 9.21. The monoisotopic (exact) mass is 354 g/mol. The predicted molar refractivity (Wildman–Crippen MR) is 100 cm³/mol. The highest BCUT2D eigenvalue weighted by atomic mass is 16.5. The van der Waals surface area contributed by atoms with Gasteiger partial charge in [0.25, 0.3) is 0 Å². The van der Waals surface area contributed by atoms with Crippen molar-refractivity contribution in [2.45, 2.75) is 98.0 Å². The molecular weight excluding hydrogens is 316 g/mol. The number of carboxylic acids is 1. The van der Waals surface area contributed by atoms with Crippen LogP contribution in [0, 0.1) is 23.7 Å². The van der Waals surface area contributed by atoms with Gasteiger partial charge in [0, 0.05) is 0 Å². The van der Waals surface area contributed by atoms with Gasteiger partial charge in [-0.25, -0.2) is 0 Å². The zero-order valence-electron chi connectivity index (χ0n) is 16.6. The average Bonchev–Trinajstić information content (AvgIpc) is 2.53. The van der Waals surface area contributed by atoms with Gasteiger partial charge < -0.3 is 9.84 Å². The second kappa shape index (κ2) is 11.5. The van der Waals surface area contributed by atoms with Crippen LogP contribution >= 0.6 is 0 Å². The minimum absolute atomic E-state index is 0.0174. The Bertz CT molecular complexity index is 395. The Kier molecular flexibility index (Phi) is 10.1. The number of ether oxygens (including phenoxy) is 1. The van der Waals surface area contributed by atoms with Crippen molar-refractivity contribution < 1.29 is 19.4 Å². The first-order valence-corrected chi connectivity index (χ1v) is 10.2. The van der Waals surface area contributed by atoms with E-state index in [1.54, 1.807) is 0 Å². The Hall–Kier alpha value is -1.06. The van der Waals surface area contributed by atoms with E-state index < -0.39 is 5.97 Å². The molecule has 1 aliphatic carbocycles. The van der Waals surface area contributed by atoms with Crippen molar-refractivity contribution in [2.24, 2.45) is 23.7 Å². The van der Waals surface area contributed by atoms with Gasteiger partial charge in [0.1, 0.15) is 6.10 Å². The number of carbonyl (C=O) groups is 2. The summed E-state index contributed by atoms with van der Waals surface area (Å²) in [4.78, 5) is 23.5. The number of carbonyl (C=O) groups excluding carboxylic acids is 1. The van der Waals surface area contributed by atoms with E-state index in [-0.39, 0.29) is 23.9 Å². The molecule has 1 saturated carbocycles. The summed E-state index contributed by atoms with van der Waals surface area (Å²) in [5.41, 5.74) is 0. The average molecular weight is 355 g/mol. The van der Waals surface area contributed by atoms with Crippen LogP contribution in [0.2, 0.25) is 0 Å². The molecule has 25 heavy (non-hydrogen) atoms. The first-order chi connectivity index (χ1) is 11.8. The van der Waals surface area contributed by atoms with Crippen molar-refractivity contribution in [3.8, 4) is 0 Å². The van der Waals surface area contributed by atoms with Crippen molar-refractivity contribution in [1.29, 1.82) is 0 Å². The standard InChI is InChI=1S/C21H38O4/c1-15(2)8-6-5-7-9-19(14-16(3)4)25-21(24)18-12-10-17(11-13-18)20(22)23/h15-19H,5-14H2,1-4H3,(H,22,23). The second-order valence-electron chi connectivity index (χ2n) is 8.61. The highest BCUT2D eigenvalue weighted by molar-refractivity contribution is 5.74. The number of esters is 1. The maximum absolute atomic E-state index is 12.5. The van der Waals surface area contributed by atoms with E-state index >= 15 is 0 Å². The van der Waals surface area contributed by atoms with Crippen LogP contribution in [-0.2, 0) is 14.3 Å². The number of hydrogen-bond donors (Lipinski definition) is 1. The molecule has 1 rings (SSSR count). The summed E-state index contributed by atoms with van der Waals surface area (Å²) in [7, 11) is 0. The molecule has 0 aromatic carbocycles. The molecule has 0 heterocycles. The molecule has 0 aromatic heterocycles. The summed E-state index contributed by atoms with van der Waals surface area (Å²) in [6, 6.07) is 0.